The molecule has 1 saturated heterocycles. The number of benzene rings is 2. The summed E-state index contributed by atoms with van der Waals surface area (Å²) in [7, 11) is 6.49. The van der Waals surface area contributed by atoms with Gasteiger partial charge in [-0.05, 0) is 48.9 Å². The lowest BCUT2D eigenvalue weighted by Gasteiger charge is -2.38. The first-order valence-corrected chi connectivity index (χ1v) is 9.93. The Bertz CT molecular complexity index is 751. The molecule has 0 aromatic heterocycles. The number of hydrogen-bond acceptors (Lipinski definition) is 4. The maximum atomic E-state index is 2.70. The fourth-order valence-electron chi connectivity index (χ4n) is 3.84. The van der Waals surface area contributed by atoms with E-state index < -0.39 is 0 Å². The van der Waals surface area contributed by atoms with E-state index >= 15 is 0 Å². The summed E-state index contributed by atoms with van der Waals surface area (Å²) < 4.78 is 0. The second-order valence-corrected chi connectivity index (χ2v) is 8.47. The molecule has 0 bridgehead atoms. The molecule has 1 fully saturated rings. The molecule has 25 heavy (non-hydrogen) atoms. The summed E-state index contributed by atoms with van der Waals surface area (Å²) in [5.74, 6) is 0. The zero-order chi connectivity index (χ0) is 17.4. The van der Waals surface area contributed by atoms with Gasteiger partial charge in [0, 0.05) is 61.8 Å². The van der Waals surface area contributed by atoms with Gasteiger partial charge in [0.15, 0.2) is 0 Å². The van der Waals surface area contributed by atoms with Crippen molar-refractivity contribution in [3.8, 4) is 0 Å². The molecule has 4 rings (SSSR count). The van der Waals surface area contributed by atoms with Gasteiger partial charge in [0.25, 0.3) is 0 Å². The smallest absolute Gasteiger partial charge is 0.0401 e. The summed E-state index contributed by atoms with van der Waals surface area (Å²) >= 11 is 1.94. The van der Waals surface area contributed by atoms with Crippen molar-refractivity contribution < 1.29 is 0 Å². The Morgan fingerprint density at radius 2 is 1.72 bits per heavy atom. The molecule has 2 heterocycles. The number of rotatable bonds is 2. The van der Waals surface area contributed by atoms with Crippen LogP contribution in [0.1, 0.15) is 17.2 Å². The van der Waals surface area contributed by atoms with Crippen molar-refractivity contribution in [2.75, 3.05) is 52.2 Å². The summed E-state index contributed by atoms with van der Waals surface area (Å²) in [4.78, 5) is 10.2. The Morgan fingerprint density at radius 1 is 0.960 bits per heavy atom. The van der Waals surface area contributed by atoms with E-state index in [1.165, 1.54) is 26.6 Å². The van der Waals surface area contributed by atoms with E-state index in [-0.39, 0.29) is 0 Å². The minimum atomic E-state index is 0.472. The molecule has 2 aliphatic heterocycles. The van der Waals surface area contributed by atoms with Crippen molar-refractivity contribution in [3.05, 3.63) is 53.6 Å². The van der Waals surface area contributed by atoms with E-state index in [9.17, 15) is 0 Å². The quantitative estimate of drug-likeness (QED) is 0.813. The molecule has 0 spiro atoms. The van der Waals surface area contributed by atoms with Crippen LogP contribution in [0.2, 0.25) is 0 Å². The third-order valence-corrected chi connectivity index (χ3v) is 6.66. The average Bonchev–Trinajstić information content (AvgIpc) is 2.78. The lowest BCUT2D eigenvalue weighted by atomic mass is 9.96. The largest absolute Gasteiger partial charge is 0.378 e. The van der Waals surface area contributed by atoms with Crippen LogP contribution in [0.4, 0.5) is 5.69 Å². The molecule has 0 aliphatic carbocycles. The fraction of sp³-hybridized carbons (Fsp3) is 0.429. The van der Waals surface area contributed by atoms with Crippen LogP contribution in [0.15, 0.2) is 52.3 Å². The van der Waals surface area contributed by atoms with Crippen LogP contribution < -0.4 is 4.90 Å². The predicted molar refractivity (Wildman–Crippen MR) is 107 cm³/mol. The van der Waals surface area contributed by atoms with Crippen LogP contribution in [0.3, 0.4) is 0 Å². The predicted octanol–water partition coefficient (Wildman–Crippen LogP) is 3.75. The van der Waals surface area contributed by atoms with Gasteiger partial charge >= 0.3 is 0 Å². The number of fused-ring (bicyclic) bond motifs is 2. The van der Waals surface area contributed by atoms with Gasteiger partial charge < -0.3 is 9.80 Å². The van der Waals surface area contributed by atoms with Crippen LogP contribution in [0, 0.1) is 0 Å². The first-order valence-electron chi connectivity index (χ1n) is 9.11. The van der Waals surface area contributed by atoms with E-state index in [0.717, 1.165) is 32.6 Å². The topological polar surface area (TPSA) is 9.72 Å². The third kappa shape index (κ3) is 3.43. The van der Waals surface area contributed by atoms with Crippen molar-refractivity contribution in [1.82, 2.24) is 9.80 Å². The third-order valence-electron chi connectivity index (χ3n) is 5.45. The zero-order valence-corrected chi connectivity index (χ0v) is 16.2. The maximum absolute atomic E-state index is 2.70. The molecule has 2 aromatic rings. The highest BCUT2D eigenvalue weighted by atomic mass is 32.2. The highest BCUT2D eigenvalue weighted by molar-refractivity contribution is 7.99. The highest BCUT2D eigenvalue weighted by Gasteiger charge is 2.29. The summed E-state index contributed by atoms with van der Waals surface area (Å²) in [5, 5.41) is 0. The Hall–Kier alpha value is -1.49. The van der Waals surface area contributed by atoms with Crippen LogP contribution >= 0.6 is 11.8 Å². The van der Waals surface area contributed by atoms with Gasteiger partial charge in [0.05, 0.1) is 0 Å². The molecule has 132 valence electrons. The number of anilines is 1. The van der Waals surface area contributed by atoms with Gasteiger partial charge in [-0.1, -0.05) is 30.0 Å². The van der Waals surface area contributed by atoms with Crippen molar-refractivity contribution in [3.63, 3.8) is 0 Å². The first-order chi connectivity index (χ1) is 12.1. The van der Waals surface area contributed by atoms with E-state index in [2.05, 4.69) is 78.3 Å². The maximum Gasteiger partial charge on any atom is 0.0401 e. The fourth-order valence-corrected chi connectivity index (χ4v) is 4.95. The van der Waals surface area contributed by atoms with Crippen molar-refractivity contribution >= 4 is 17.4 Å². The highest BCUT2D eigenvalue weighted by Crippen LogP contribution is 2.44. The monoisotopic (exact) mass is 353 g/mol. The second-order valence-electron chi connectivity index (χ2n) is 7.39. The molecule has 4 heteroatoms. The zero-order valence-electron chi connectivity index (χ0n) is 15.4. The number of likely N-dealkylation sites (N-methyl/N-ethyl adjacent to an activating group) is 1. The summed E-state index contributed by atoms with van der Waals surface area (Å²) in [5.41, 5.74) is 4.28. The van der Waals surface area contributed by atoms with Gasteiger partial charge in [-0.15, -0.1) is 0 Å². The summed E-state index contributed by atoms with van der Waals surface area (Å²) in [6.07, 6.45) is 1.11. The lowest BCUT2D eigenvalue weighted by Crippen LogP contribution is -2.46. The Labute approximate surface area is 155 Å². The number of nitrogens with zero attached hydrogens (tertiary/aromatic N) is 3. The molecule has 0 radical (unpaired) electrons. The molecule has 0 unspecified atom stereocenters. The van der Waals surface area contributed by atoms with E-state index in [1.54, 1.807) is 0 Å². The van der Waals surface area contributed by atoms with Gasteiger partial charge in [0.1, 0.15) is 0 Å². The van der Waals surface area contributed by atoms with Crippen LogP contribution in [-0.2, 0) is 6.42 Å². The molecule has 2 aromatic carbocycles. The minimum Gasteiger partial charge on any atom is -0.378 e. The van der Waals surface area contributed by atoms with Gasteiger partial charge in [0.2, 0.25) is 0 Å². The average molecular weight is 354 g/mol. The lowest BCUT2D eigenvalue weighted by molar-refractivity contribution is 0.110. The molecule has 0 amide bonds. The Kier molecular flexibility index (Phi) is 4.76. The second kappa shape index (κ2) is 7.02. The van der Waals surface area contributed by atoms with E-state index in [4.69, 9.17) is 0 Å². The van der Waals surface area contributed by atoms with Crippen LogP contribution in [0.25, 0.3) is 0 Å². The van der Waals surface area contributed by atoms with Crippen LogP contribution in [0.5, 0.6) is 0 Å². The first kappa shape index (κ1) is 17.0. The van der Waals surface area contributed by atoms with E-state index in [1.807, 2.05) is 11.8 Å². The van der Waals surface area contributed by atoms with E-state index in [0.29, 0.717) is 6.04 Å². The van der Waals surface area contributed by atoms with Crippen molar-refractivity contribution in [1.29, 1.82) is 0 Å². The number of piperazine rings is 1. The van der Waals surface area contributed by atoms with Gasteiger partial charge in [-0.25, -0.2) is 0 Å². The molecular formula is C21H27N3S. The van der Waals surface area contributed by atoms with Gasteiger partial charge in [-0.2, -0.15) is 0 Å². The van der Waals surface area contributed by atoms with Crippen LogP contribution in [-0.4, -0.2) is 57.1 Å². The SMILES string of the molecule is CN1CCN([C@H]2Cc3ccccc3Sc3ccc(N(C)C)cc32)CC1. The Morgan fingerprint density at radius 3 is 2.48 bits per heavy atom. The van der Waals surface area contributed by atoms with Crippen molar-refractivity contribution in [2.45, 2.75) is 22.3 Å². The molecule has 2 aliphatic rings. The normalized spacial score (nSPS) is 21.3. The van der Waals surface area contributed by atoms with Crippen molar-refractivity contribution in [2.24, 2.45) is 0 Å². The minimum absolute atomic E-state index is 0.472. The number of hydrogen-bond donors (Lipinski definition) is 0. The molecule has 0 saturated carbocycles. The van der Waals surface area contributed by atoms with Gasteiger partial charge in [-0.3, -0.25) is 4.90 Å². The molecule has 1 atom stereocenters. The molecule has 0 N–H and O–H groups in total. The summed E-state index contributed by atoms with van der Waals surface area (Å²) in [6.45, 7) is 4.63. The molecular weight excluding hydrogens is 326 g/mol. The Balaban J connectivity index is 1.77. The molecule has 3 nitrogen and oxygen atoms in total. The summed E-state index contributed by atoms with van der Waals surface area (Å²) in [6, 6.07) is 16.4. The standard InChI is InChI=1S/C21H27N3S/c1-22(2)17-8-9-21-18(15-17)19(24-12-10-23(3)11-13-24)14-16-6-4-5-7-20(16)25-21/h4-9,15,19H,10-14H2,1-3H3/t19-/m0/s1.